The number of carbonyl (C=O) groups excluding carboxylic acids is 2. The number of hydrogen-bond acceptors (Lipinski definition) is 5. The first-order chi connectivity index (χ1) is 13.5. The number of para-hydroxylation sites is 2. The van der Waals surface area contributed by atoms with Crippen LogP contribution in [-0.2, 0) is 9.59 Å². The van der Waals surface area contributed by atoms with Crippen LogP contribution in [0.1, 0.15) is 58.1 Å². The molecule has 0 saturated heterocycles. The maximum Gasteiger partial charge on any atom is 0.217 e. The summed E-state index contributed by atoms with van der Waals surface area (Å²) < 4.78 is 0. The highest BCUT2D eigenvalue weighted by molar-refractivity contribution is 6.00. The van der Waals surface area contributed by atoms with Crippen molar-refractivity contribution in [1.29, 1.82) is 0 Å². The van der Waals surface area contributed by atoms with Gasteiger partial charge in [0.15, 0.2) is 0 Å². The molecule has 0 spiro atoms. The van der Waals surface area contributed by atoms with Crippen LogP contribution in [0.3, 0.4) is 0 Å². The van der Waals surface area contributed by atoms with Crippen molar-refractivity contribution in [3.8, 4) is 0 Å². The monoisotopic (exact) mass is 378 g/mol. The molecule has 0 aliphatic carbocycles. The number of benzene rings is 1. The first kappa shape index (κ1) is 19.9. The third kappa shape index (κ3) is 5.31. The second-order valence-corrected chi connectivity index (χ2v) is 7.20. The normalized spacial score (nSPS) is 14.5. The molecule has 0 fully saturated rings. The number of ketones is 1. The van der Waals surface area contributed by atoms with Gasteiger partial charge in [-0.15, -0.1) is 0 Å². The largest absolute Gasteiger partial charge is 0.348 e. The third-order valence-electron chi connectivity index (χ3n) is 4.78. The zero-order valence-corrected chi connectivity index (χ0v) is 16.4. The number of carbonyl (C=O) groups is 2. The van der Waals surface area contributed by atoms with Gasteiger partial charge in [0, 0.05) is 25.5 Å². The van der Waals surface area contributed by atoms with E-state index in [2.05, 4.69) is 15.3 Å². The van der Waals surface area contributed by atoms with Crippen LogP contribution >= 0.6 is 0 Å². The van der Waals surface area contributed by atoms with Gasteiger partial charge in [0.2, 0.25) is 5.91 Å². The number of nitrogens with one attached hydrogen (secondary N) is 1. The van der Waals surface area contributed by atoms with Gasteiger partial charge < -0.3 is 10.1 Å². The van der Waals surface area contributed by atoms with Gasteiger partial charge in [-0.1, -0.05) is 31.1 Å². The Morgan fingerprint density at radius 1 is 1.11 bits per heavy atom. The standard InChI is InChI=1S/C22H26N4O2/c1-15(27)8-4-3-5-10-19(24-16(2)28)20-12-13-21(25-20)22-14-23-17-9-6-7-11-18(17)26-22/h6-7,9,11,13-14,19H,3-5,8,10,12H2,1-2H3,(H,24,28). The average Bonchev–Trinajstić information content (AvgIpc) is 3.16. The number of Topliss-reactive ketones (excluding diaryl/α,β-unsaturated/α-hetero) is 1. The fourth-order valence-corrected chi connectivity index (χ4v) is 3.38. The number of amides is 1. The van der Waals surface area contributed by atoms with E-state index >= 15 is 0 Å². The lowest BCUT2D eigenvalue weighted by Crippen LogP contribution is -2.39. The smallest absolute Gasteiger partial charge is 0.217 e. The summed E-state index contributed by atoms with van der Waals surface area (Å²) in [6.45, 7) is 3.15. The molecule has 1 aliphatic heterocycles. The van der Waals surface area contributed by atoms with Crippen molar-refractivity contribution >= 4 is 34.1 Å². The lowest BCUT2D eigenvalue weighted by atomic mass is 10.0. The second kappa shape index (κ2) is 9.35. The van der Waals surface area contributed by atoms with Gasteiger partial charge in [-0.2, -0.15) is 0 Å². The number of nitrogens with zero attached hydrogens (tertiary/aromatic N) is 3. The number of rotatable bonds is 9. The van der Waals surface area contributed by atoms with Crippen LogP contribution in [0.5, 0.6) is 0 Å². The number of aliphatic imine (C=N–C) groups is 1. The van der Waals surface area contributed by atoms with Crippen LogP contribution in [0.2, 0.25) is 0 Å². The minimum absolute atomic E-state index is 0.0598. The Hall–Kier alpha value is -2.89. The SMILES string of the molecule is CC(=O)CCCCCC(NC(C)=O)C1=NC(c2cnc3ccccc3n2)=CC1. The van der Waals surface area contributed by atoms with E-state index in [1.807, 2.05) is 30.3 Å². The molecule has 2 heterocycles. The number of allylic oxidation sites excluding steroid dienone is 1. The minimum atomic E-state index is -0.0861. The van der Waals surface area contributed by atoms with Gasteiger partial charge in [-0.25, -0.2) is 4.98 Å². The predicted molar refractivity (Wildman–Crippen MR) is 111 cm³/mol. The third-order valence-corrected chi connectivity index (χ3v) is 4.78. The maximum absolute atomic E-state index is 11.6. The highest BCUT2D eigenvalue weighted by Crippen LogP contribution is 2.24. The zero-order valence-electron chi connectivity index (χ0n) is 16.4. The Morgan fingerprint density at radius 3 is 2.64 bits per heavy atom. The van der Waals surface area contributed by atoms with Gasteiger partial charge in [0.25, 0.3) is 0 Å². The Balaban J connectivity index is 1.67. The van der Waals surface area contributed by atoms with Gasteiger partial charge >= 0.3 is 0 Å². The van der Waals surface area contributed by atoms with Crippen LogP contribution in [0, 0.1) is 0 Å². The second-order valence-electron chi connectivity index (χ2n) is 7.20. The average molecular weight is 378 g/mol. The number of hydrogen-bond donors (Lipinski definition) is 1. The fraction of sp³-hybridized carbons (Fsp3) is 0.409. The Bertz CT molecular complexity index is 933. The van der Waals surface area contributed by atoms with Gasteiger partial charge in [-0.3, -0.25) is 14.8 Å². The lowest BCUT2D eigenvalue weighted by molar-refractivity contribution is -0.119. The molecule has 1 aromatic heterocycles. The highest BCUT2D eigenvalue weighted by atomic mass is 16.1. The Labute approximate surface area is 165 Å². The fourth-order valence-electron chi connectivity index (χ4n) is 3.38. The summed E-state index contributed by atoms with van der Waals surface area (Å²) in [4.78, 5) is 36.6. The summed E-state index contributed by atoms with van der Waals surface area (Å²) in [6, 6.07) is 7.67. The molecular formula is C22H26N4O2. The molecule has 3 rings (SSSR count). The van der Waals surface area contributed by atoms with E-state index in [0.717, 1.165) is 53.8 Å². The molecule has 6 nitrogen and oxygen atoms in total. The summed E-state index contributed by atoms with van der Waals surface area (Å²) >= 11 is 0. The number of aromatic nitrogens is 2. The summed E-state index contributed by atoms with van der Waals surface area (Å²) in [6.07, 6.45) is 8.74. The van der Waals surface area contributed by atoms with Gasteiger partial charge in [0.1, 0.15) is 11.5 Å². The van der Waals surface area contributed by atoms with Crippen molar-refractivity contribution in [2.75, 3.05) is 0 Å². The molecule has 1 unspecified atom stereocenters. The van der Waals surface area contributed by atoms with Crippen LogP contribution in [0.4, 0.5) is 0 Å². The highest BCUT2D eigenvalue weighted by Gasteiger charge is 2.21. The van der Waals surface area contributed by atoms with Crippen LogP contribution < -0.4 is 5.32 Å². The van der Waals surface area contributed by atoms with E-state index in [1.54, 1.807) is 13.1 Å². The first-order valence-electron chi connectivity index (χ1n) is 9.79. The van der Waals surface area contributed by atoms with Gasteiger partial charge in [0.05, 0.1) is 29.0 Å². The molecule has 1 amide bonds. The molecule has 1 aromatic carbocycles. The van der Waals surface area contributed by atoms with Crippen LogP contribution in [-0.4, -0.2) is 33.4 Å². The zero-order chi connectivity index (χ0) is 19.9. The van der Waals surface area contributed by atoms with E-state index < -0.39 is 0 Å². The van der Waals surface area contributed by atoms with E-state index in [9.17, 15) is 9.59 Å². The number of fused-ring (bicyclic) bond motifs is 1. The van der Waals surface area contributed by atoms with Crippen molar-refractivity contribution in [2.24, 2.45) is 4.99 Å². The molecule has 1 aliphatic rings. The topological polar surface area (TPSA) is 84.3 Å². The molecule has 28 heavy (non-hydrogen) atoms. The predicted octanol–water partition coefficient (Wildman–Crippen LogP) is 3.86. The molecule has 0 saturated carbocycles. The Kier molecular flexibility index (Phi) is 6.63. The summed E-state index contributed by atoms with van der Waals surface area (Å²) in [5.74, 6) is 0.166. The lowest BCUT2D eigenvalue weighted by Gasteiger charge is -2.18. The van der Waals surface area contributed by atoms with E-state index in [4.69, 9.17) is 4.99 Å². The molecule has 0 radical (unpaired) electrons. The van der Waals surface area contributed by atoms with Crippen LogP contribution in [0.25, 0.3) is 16.7 Å². The van der Waals surface area contributed by atoms with Crippen molar-refractivity contribution in [3.05, 3.63) is 42.2 Å². The van der Waals surface area contributed by atoms with Crippen molar-refractivity contribution < 1.29 is 9.59 Å². The maximum atomic E-state index is 11.6. The summed E-state index contributed by atoms with van der Waals surface area (Å²) in [5, 5.41) is 3.02. The summed E-state index contributed by atoms with van der Waals surface area (Å²) in [5.41, 5.74) is 4.20. The molecule has 1 atom stereocenters. The van der Waals surface area contributed by atoms with Crippen LogP contribution in [0.15, 0.2) is 41.5 Å². The van der Waals surface area contributed by atoms with E-state index in [1.165, 1.54) is 6.92 Å². The van der Waals surface area contributed by atoms with E-state index in [-0.39, 0.29) is 17.7 Å². The minimum Gasteiger partial charge on any atom is -0.348 e. The first-order valence-corrected chi connectivity index (χ1v) is 9.79. The molecule has 0 bridgehead atoms. The number of unbranched alkanes of at least 4 members (excludes halogenated alkanes) is 2. The Morgan fingerprint density at radius 2 is 1.89 bits per heavy atom. The van der Waals surface area contributed by atoms with Gasteiger partial charge in [-0.05, 0) is 31.9 Å². The van der Waals surface area contributed by atoms with Crippen molar-refractivity contribution in [2.45, 2.75) is 58.4 Å². The van der Waals surface area contributed by atoms with Crippen molar-refractivity contribution in [1.82, 2.24) is 15.3 Å². The summed E-state index contributed by atoms with van der Waals surface area (Å²) in [7, 11) is 0. The molecule has 1 N–H and O–H groups in total. The quantitative estimate of drug-likeness (QED) is 0.672. The molecule has 2 aromatic rings. The molecular weight excluding hydrogens is 352 g/mol. The van der Waals surface area contributed by atoms with E-state index in [0.29, 0.717) is 12.8 Å². The molecule has 6 heteroatoms. The van der Waals surface area contributed by atoms with Crippen molar-refractivity contribution in [3.63, 3.8) is 0 Å². The molecule has 146 valence electrons.